The molecule has 0 saturated heterocycles. The van der Waals surface area contributed by atoms with Gasteiger partial charge >= 0.3 is 6.18 Å². The van der Waals surface area contributed by atoms with Gasteiger partial charge in [-0.25, -0.2) is 4.68 Å². The molecule has 0 fully saturated rings. The van der Waals surface area contributed by atoms with Crippen LogP contribution in [-0.2, 0) is 0 Å². The van der Waals surface area contributed by atoms with Crippen molar-refractivity contribution in [2.24, 2.45) is 5.41 Å². The molecular formula is C12H15F3N4. The third-order valence-electron chi connectivity index (χ3n) is 3.40. The minimum Gasteiger partial charge on any atom is -0.366 e. The maximum absolute atomic E-state index is 13.1. The zero-order chi connectivity index (χ0) is 14.4. The summed E-state index contributed by atoms with van der Waals surface area (Å²) in [6.45, 7) is 5.61. The number of anilines is 1. The maximum atomic E-state index is 13.1. The van der Waals surface area contributed by atoms with Crippen molar-refractivity contribution >= 4 is 5.82 Å². The summed E-state index contributed by atoms with van der Waals surface area (Å²) >= 11 is 0. The summed E-state index contributed by atoms with van der Waals surface area (Å²) in [4.78, 5) is 0. The SMILES string of the molecule is CC(C)(C)[C@@H]1C[C@H](C(F)(F)F)n2ncc(C#N)c2N1. The van der Waals surface area contributed by atoms with E-state index in [4.69, 9.17) is 5.26 Å². The number of hydrogen-bond acceptors (Lipinski definition) is 3. The summed E-state index contributed by atoms with van der Waals surface area (Å²) < 4.78 is 40.2. The molecular weight excluding hydrogens is 257 g/mol. The lowest BCUT2D eigenvalue weighted by Crippen LogP contribution is -2.45. The van der Waals surface area contributed by atoms with Gasteiger partial charge in [0.15, 0.2) is 6.04 Å². The van der Waals surface area contributed by atoms with Gasteiger partial charge in [0.25, 0.3) is 0 Å². The molecule has 0 aliphatic carbocycles. The lowest BCUT2D eigenvalue weighted by Gasteiger charge is -2.39. The highest BCUT2D eigenvalue weighted by atomic mass is 19.4. The summed E-state index contributed by atoms with van der Waals surface area (Å²) in [5.41, 5.74) is -0.200. The molecule has 0 spiro atoms. The Labute approximate surface area is 109 Å². The lowest BCUT2D eigenvalue weighted by atomic mass is 9.82. The van der Waals surface area contributed by atoms with Gasteiger partial charge in [-0.2, -0.15) is 23.5 Å². The molecule has 2 heterocycles. The molecule has 1 aromatic rings. The van der Waals surface area contributed by atoms with Gasteiger partial charge < -0.3 is 5.32 Å². The van der Waals surface area contributed by atoms with E-state index >= 15 is 0 Å². The lowest BCUT2D eigenvalue weighted by molar-refractivity contribution is -0.175. The molecule has 2 atom stereocenters. The van der Waals surface area contributed by atoms with Crippen molar-refractivity contribution in [3.8, 4) is 6.07 Å². The highest BCUT2D eigenvalue weighted by Gasteiger charge is 2.48. The second-order valence-electron chi connectivity index (χ2n) is 5.82. The summed E-state index contributed by atoms with van der Waals surface area (Å²) in [5.74, 6) is 0.163. The highest BCUT2D eigenvalue weighted by molar-refractivity contribution is 5.53. The Hall–Kier alpha value is -1.71. The second-order valence-corrected chi connectivity index (χ2v) is 5.82. The van der Waals surface area contributed by atoms with Crippen molar-refractivity contribution in [2.45, 2.75) is 45.5 Å². The van der Waals surface area contributed by atoms with Crippen LogP contribution in [0.3, 0.4) is 0 Å². The van der Waals surface area contributed by atoms with Crippen molar-refractivity contribution in [1.82, 2.24) is 9.78 Å². The van der Waals surface area contributed by atoms with E-state index in [1.54, 1.807) is 0 Å². The number of fused-ring (bicyclic) bond motifs is 1. The van der Waals surface area contributed by atoms with E-state index in [-0.39, 0.29) is 29.3 Å². The largest absolute Gasteiger partial charge is 0.410 e. The summed E-state index contributed by atoms with van der Waals surface area (Å²) in [6.07, 6.45) is -3.29. The molecule has 7 heteroatoms. The number of alkyl halides is 3. The van der Waals surface area contributed by atoms with Crippen LogP contribution in [0, 0.1) is 16.7 Å². The predicted octanol–water partition coefficient (Wildman–Crippen LogP) is 3.09. The van der Waals surface area contributed by atoms with E-state index in [0.717, 1.165) is 4.68 Å². The summed E-state index contributed by atoms with van der Waals surface area (Å²) in [7, 11) is 0. The van der Waals surface area contributed by atoms with Gasteiger partial charge in [-0.05, 0) is 11.8 Å². The first-order valence-electron chi connectivity index (χ1n) is 5.95. The molecule has 1 aliphatic heterocycles. The van der Waals surface area contributed by atoms with Crippen LogP contribution in [0.5, 0.6) is 0 Å². The number of nitriles is 1. The van der Waals surface area contributed by atoms with E-state index in [1.165, 1.54) is 6.20 Å². The van der Waals surface area contributed by atoms with E-state index in [0.29, 0.717) is 0 Å². The summed E-state index contributed by atoms with van der Waals surface area (Å²) in [5, 5.41) is 15.7. The third kappa shape index (κ3) is 2.39. The van der Waals surface area contributed by atoms with Crippen molar-refractivity contribution in [1.29, 1.82) is 5.26 Å². The third-order valence-corrected chi connectivity index (χ3v) is 3.40. The number of hydrogen-bond donors (Lipinski definition) is 1. The number of aromatic nitrogens is 2. The van der Waals surface area contributed by atoms with Gasteiger partial charge in [0.1, 0.15) is 17.5 Å². The van der Waals surface area contributed by atoms with Crippen LogP contribution in [0.2, 0.25) is 0 Å². The van der Waals surface area contributed by atoms with E-state index in [9.17, 15) is 13.2 Å². The molecule has 1 aliphatic rings. The normalized spacial score (nSPS) is 23.4. The van der Waals surface area contributed by atoms with Gasteiger partial charge in [-0.1, -0.05) is 20.8 Å². The Morgan fingerprint density at radius 2 is 2.05 bits per heavy atom. The molecule has 1 aromatic heterocycles. The fraction of sp³-hybridized carbons (Fsp3) is 0.667. The van der Waals surface area contributed by atoms with Crippen LogP contribution in [0.25, 0.3) is 0 Å². The second kappa shape index (κ2) is 4.15. The monoisotopic (exact) mass is 272 g/mol. The molecule has 0 radical (unpaired) electrons. The van der Waals surface area contributed by atoms with Gasteiger partial charge in [-0.15, -0.1) is 0 Å². The molecule has 1 N–H and O–H groups in total. The molecule has 0 aromatic carbocycles. The quantitative estimate of drug-likeness (QED) is 0.789. The van der Waals surface area contributed by atoms with Crippen molar-refractivity contribution in [2.75, 3.05) is 5.32 Å². The van der Waals surface area contributed by atoms with Crippen LogP contribution in [0.4, 0.5) is 19.0 Å². The van der Waals surface area contributed by atoms with Crippen LogP contribution in [-0.4, -0.2) is 22.0 Å². The smallest absolute Gasteiger partial charge is 0.366 e. The zero-order valence-electron chi connectivity index (χ0n) is 10.9. The number of rotatable bonds is 0. The number of nitrogens with one attached hydrogen (secondary N) is 1. The van der Waals surface area contributed by atoms with Crippen LogP contribution >= 0.6 is 0 Å². The van der Waals surface area contributed by atoms with E-state index < -0.39 is 12.2 Å². The minimum absolute atomic E-state index is 0.0907. The fourth-order valence-electron chi connectivity index (χ4n) is 2.21. The molecule has 104 valence electrons. The van der Waals surface area contributed by atoms with Gasteiger partial charge in [0.2, 0.25) is 0 Å². The topological polar surface area (TPSA) is 53.6 Å². The van der Waals surface area contributed by atoms with Gasteiger partial charge in [0, 0.05) is 6.04 Å². The molecule has 0 saturated carbocycles. The zero-order valence-corrected chi connectivity index (χ0v) is 10.9. The first-order valence-corrected chi connectivity index (χ1v) is 5.95. The number of nitrogens with zero attached hydrogens (tertiary/aromatic N) is 3. The Morgan fingerprint density at radius 1 is 1.42 bits per heavy atom. The van der Waals surface area contributed by atoms with Crippen LogP contribution in [0.15, 0.2) is 6.20 Å². The van der Waals surface area contributed by atoms with Crippen molar-refractivity contribution < 1.29 is 13.2 Å². The Morgan fingerprint density at radius 3 is 2.53 bits per heavy atom. The average molecular weight is 272 g/mol. The first-order chi connectivity index (χ1) is 8.64. The fourth-order valence-corrected chi connectivity index (χ4v) is 2.21. The Balaban J connectivity index is 2.49. The summed E-state index contributed by atoms with van der Waals surface area (Å²) in [6, 6.07) is -0.185. The molecule has 0 amide bonds. The van der Waals surface area contributed by atoms with Crippen LogP contribution in [0.1, 0.15) is 38.8 Å². The van der Waals surface area contributed by atoms with Gasteiger partial charge in [0.05, 0.1) is 6.20 Å². The Kier molecular flexibility index (Phi) is 3.00. The molecule has 19 heavy (non-hydrogen) atoms. The number of halogens is 3. The molecule has 2 rings (SSSR count). The van der Waals surface area contributed by atoms with E-state index in [2.05, 4.69) is 10.4 Å². The molecule has 0 unspecified atom stereocenters. The predicted molar refractivity (Wildman–Crippen MR) is 63.5 cm³/mol. The maximum Gasteiger partial charge on any atom is 0.410 e. The minimum atomic E-state index is -4.38. The molecule has 4 nitrogen and oxygen atoms in total. The van der Waals surface area contributed by atoms with E-state index in [1.807, 2.05) is 26.8 Å². The Bertz CT molecular complexity index is 519. The average Bonchev–Trinajstić information content (AvgIpc) is 2.67. The van der Waals surface area contributed by atoms with Crippen molar-refractivity contribution in [3.63, 3.8) is 0 Å². The highest BCUT2D eigenvalue weighted by Crippen LogP contribution is 2.43. The van der Waals surface area contributed by atoms with Gasteiger partial charge in [-0.3, -0.25) is 0 Å². The van der Waals surface area contributed by atoms with Crippen LogP contribution < -0.4 is 5.32 Å². The van der Waals surface area contributed by atoms with Crippen molar-refractivity contribution in [3.05, 3.63) is 11.8 Å². The standard InChI is InChI=1S/C12H15F3N4/c1-11(2,3)8-4-9(12(13,14)15)19-10(18-8)7(5-16)6-17-19/h6,8-9,18H,4H2,1-3H3/t8-,9+/m0/s1. The molecule has 0 bridgehead atoms. The first kappa shape index (κ1) is 13.7.